The van der Waals surface area contributed by atoms with Crippen molar-refractivity contribution >= 4 is 23.2 Å². The van der Waals surface area contributed by atoms with Gasteiger partial charge in [-0.3, -0.25) is 9.79 Å². The van der Waals surface area contributed by atoms with Gasteiger partial charge in [0.05, 0.1) is 4.88 Å². The Morgan fingerprint density at radius 3 is 2.56 bits per heavy atom. The van der Waals surface area contributed by atoms with Crippen LogP contribution in [-0.2, 0) is 6.54 Å². The summed E-state index contributed by atoms with van der Waals surface area (Å²) in [6.45, 7) is 1.93. The normalized spacial score (nSPS) is 11.2. The van der Waals surface area contributed by atoms with Crippen molar-refractivity contribution in [3.8, 4) is 0 Å². The molecule has 1 aromatic heterocycles. The Bertz CT molecular complexity index is 686. The zero-order chi connectivity index (χ0) is 18.1. The Morgan fingerprint density at radius 1 is 1.20 bits per heavy atom. The molecule has 0 aliphatic carbocycles. The molecule has 0 radical (unpaired) electrons. The molecule has 0 saturated heterocycles. The molecule has 0 saturated carbocycles. The topological polar surface area (TPSA) is 56.7 Å². The van der Waals surface area contributed by atoms with E-state index in [9.17, 15) is 9.18 Å². The Morgan fingerprint density at radius 2 is 1.92 bits per heavy atom. The first-order valence-electron chi connectivity index (χ1n) is 8.08. The zero-order valence-corrected chi connectivity index (χ0v) is 15.3. The zero-order valence-electron chi connectivity index (χ0n) is 14.5. The highest BCUT2D eigenvalue weighted by atomic mass is 32.1. The summed E-state index contributed by atoms with van der Waals surface area (Å²) in [5.41, 5.74) is 1.01. The number of aliphatic imine (C=N–C) groups is 1. The van der Waals surface area contributed by atoms with Crippen LogP contribution in [0.1, 0.15) is 21.7 Å². The average molecular weight is 362 g/mol. The van der Waals surface area contributed by atoms with Crippen LogP contribution in [0, 0.1) is 5.82 Å². The molecule has 7 heteroatoms. The summed E-state index contributed by atoms with van der Waals surface area (Å²) in [4.78, 5) is 18.8. The minimum absolute atomic E-state index is 0.0344. The second-order valence-electron chi connectivity index (χ2n) is 5.54. The lowest BCUT2D eigenvalue weighted by molar-refractivity contribution is 0.0957. The summed E-state index contributed by atoms with van der Waals surface area (Å²) in [6, 6.07) is 10.1. The van der Waals surface area contributed by atoms with Crippen molar-refractivity contribution < 1.29 is 9.18 Å². The molecule has 0 fully saturated rings. The highest BCUT2D eigenvalue weighted by molar-refractivity contribution is 7.12. The van der Waals surface area contributed by atoms with Crippen molar-refractivity contribution in [2.75, 3.05) is 27.2 Å². The Hall–Kier alpha value is -2.41. The van der Waals surface area contributed by atoms with Crippen molar-refractivity contribution in [3.63, 3.8) is 0 Å². The SMILES string of the molecule is CN=C(NCCCNC(=O)c1cccs1)N(C)Cc1ccc(F)cc1. The van der Waals surface area contributed by atoms with Gasteiger partial charge in [0.1, 0.15) is 5.82 Å². The third-order valence-corrected chi connectivity index (χ3v) is 4.44. The fourth-order valence-corrected chi connectivity index (χ4v) is 2.95. The van der Waals surface area contributed by atoms with E-state index in [0.29, 0.717) is 19.6 Å². The van der Waals surface area contributed by atoms with E-state index in [1.165, 1.54) is 23.5 Å². The lowest BCUT2D eigenvalue weighted by Gasteiger charge is -2.22. The molecule has 134 valence electrons. The molecule has 0 spiro atoms. The molecule has 5 nitrogen and oxygen atoms in total. The number of rotatable bonds is 7. The second kappa shape index (κ2) is 9.78. The monoisotopic (exact) mass is 362 g/mol. The van der Waals surface area contributed by atoms with Crippen LogP contribution < -0.4 is 10.6 Å². The summed E-state index contributed by atoms with van der Waals surface area (Å²) in [5, 5.41) is 8.04. The second-order valence-corrected chi connectivity index (χ2v) is 6.49. The molecule has 0 unspecified atom stereocenters. The van der Waals surface area contributed by atoms with Crippen molar-refractivity contribution in [2.24, 2.45) is 4.99 Å². The first-order chi connectivity index (χ1) is 12.1. The van der Waals surface area contributed by atoms with Crippen LogP contribution >= 0.6 is 11.3 Å². The Kier molecular flexibility index (Phi) is 7.40. The largest absolute Gasteiger partial charge is 0.356 e. The van der Waals surface area contributed by atoms with Crippen LogP contribution in [0.5, 0.6) is 0 Å². The summed E-state index contributed by atoms with van der Waals surface area (Å²) >= 11 is 1.43. The van der Waals surface area contributed by atoms with Gasteiger partial charge in [0.25, 0.3) is 5.91 Å². The number of hydrogen-bond acceptors (Lipinski definition) is 3. The Labute approximate surface area is 151 Å². The smallest absolute Gasteiger partial charge is 0.261 e. The first kappa shape index (κ1) is 18.9. The van der Waals surface area contributed by atoms with Crippen LogP contribution in [0.25, 0.3) is 0 Å². The number of carbonyl (C=O) groups excluding carboxylic acids is 1. The lowest BCUT2D eigenvalue weighted by atomic mass is 10.2. The maximum Gasteiger partial charge on any atom is 0.261 e. The maximum atomic E-state index is 13.0. The third kappa shape index (κ3) is 6.19. The molecule has 2 aromatic rings. The molecule has 0 aliphatic rings. The molecule has 1 aromatic carbocycles. The van der Waals surface area contributed by atoms with Crippen molar-refractivity contribution in [3.05, 3.63) is 58.0 Å². The van der Waals surface area contributed by atoms with E-state index in [2.05, 4.69) is 15.6 Å². The number of benzene rings is 1. The summed E-state index contributed by atoms with van der Waals surface area (Å²) in [7, 11) is 3.65. The fourth-order valence-electron chi connectivity index (χ4n) is 2.31. The van der Waals surface area contributed by atoms with E-state index >= 15 is 0 Å². The van der Waals surface area contributed by atoms with Crippen molar-refractivity contribution in [1.82, 2.24) is 15.5 Å². The minimum Gasteiger partial charge on any atom is -0.356 e. The Balaban J connectivity index is 1.69. The average Bonchev–Trinajstić information content (AvgIpc) is 3.14. The van der Waals surface area contributed by atoms with E-state index in [1.54, 1.807) is 19.2 Å². The van der Waals surface area contributed by atoms with Gasteiger partial charge >= 0.3 is 0 Å². The third-order valence-electron chi connectivity index (χ3n) is 3.57. The van der Waals surface area contributed by atoms with Crippen molar-refractivity contribution in [1.29, 1.82) is 0 Å². The molecule has 0 atom stereocenters. The minimum atomic E-state index is -0.237. The molecule has 2 rings (SSSR count). The number of nitrogens with zero attached hydrogens (tertiary/aromatic N) is 2. The van der Waals surface area contributed by atoms with Crippen LogP contribution in [-0.4, -0.2) is 44.0 Å². The van der Waals surface area contributed by atoms with Gasteiger partial charge in [-0.15, -0.1) is 11.3 Å². The van der Waals surface area contributed by atoms with Gasteiger partial charge in [-0.05, 0) is 35.6 Å². The van der Waals surface area contributed by atoms with Gasteiger partial charge in [0.15, 0.2) is 5.96 Å². The molecule has 25 heavy (non-hydrogen) atoms. The number of carbonyl (C=O) groups is 1. The van der Waals surface area contributed by atoms with Gasteiger partial charge in [-0.2, -0.15) is 0 Å². The predicted octanol–water partition coefficient (Wildman–Crippen LogP) is 2.71. The van der Waals surface area contributed by atoms with Crippen LogP contribution in [0.3, 0.4) is 0 Å². The number of thiophene rings is 1. The lowest BCUT2D eigenvalue weighted by Crippen LogP contribution is -2.39. The van der Waals surface area contributed by atoms with Gasteiger partial charge in [-0.25, -0.2) is 4.39 Å². The quantitative estimate of drug-likeness (QED) is 0.452. The van der Waals surface area contributed by atoms with E-state index in [1.807, 2.05) is 29.5 Å². The fraction of sp³-hybridized carbons (Fsp3) is 0.333. The van der Waals surface area contributed by atoms with Crippen LogP contribution in [0.15, 0.2) is 46.8 Å². The number of guanidine groups is 1. The van der Waals surface area contributed by atoms with E-state index in [0.717, 1.165) is 22.8 Å². The number of hydrogen-bond donors (Lipinski definition) is 2. The molecule has 2 N–H and O–H groups in total. The standard InChI is InChI=1S/C18H23FN4OS/c1-20-18(23(2)13-14-6-8-15(19)9-7-14)22-11-4-10-21-17(24)16-5-3-12-25-16/h3,5-9,12H,4,10-11,13H2,1-2H3,(H,20,22)(H,21,24). The molecular formula is C18H23FN4OS. The summed E-state index contributed by atoms with van der Waals surface area (Å²) < 4.78 is 13.0. The molecule has 1 heterocycles. The number of amides is 1. The molecule has 0 aliphatic heterocycles. The van der Waals surface area contributed by atoms with Gasteiger partial charge in [0, 0.05) is 33.7 Å². The van der Waals surface area contributed by atoms with Gasteiger partial charge < -0.3 is 15.5 Å². The van der Waals surface area contributed by atoms with E-state index < -0.39 is 0 Å². The summed E-state index contributed by atoms with van der Waals surface area (Å²) in [6.07, 6.45) is 0.792. The van der Waals surface area contributed by atoms with E-state index in [-0.39, 0.29) is 11.7 Å². The predicted molar refractivity (Wildman–Crippen MR) is 100 cm³/mol. The first-order valence-corrected chi connectivity index (χ1v) is 8.96. The van der Waals surface area contributed by atoms with Crippen LogP contribution in [0.2, 0.25) is 0 Å². The van der Waals surface area contributed by atoms with E-state index in [4.69, 9.17) is 0 Å². The summed E-state index contributed by atoms with van der Waals surface area (Å²) in [5.74, 6) is 0.486. The number of nitrogens with one attached hydrogen (secondary N) is 2. The highest BCUT2D eigenvalue weighted by Crippen LogP contribution is 2.07. The maximum absolute atomic E-state index is 13.0. The van der Waals surface area contributed by atoms with Gasteiger partial charge in [-0.1, -0.05) is 18.2 Å². The molecule has 0 bridgehead atoms. The highest BCUT2D eigenvalue weighted by Gasteiger charge is 2.07. The number of halogens is 1. The molecule has 1 amide bonds. The van der Waals surface area contributed by atoms with Crippen molar-refractivity contribution in [2.45, 2.75) is 13.0 Å². The van der Waals surface area contributed by atoms with Gasteiger partial charge in [0.2, 0.25) is 0 Å². The molecular weight excluding hydrogens is 339 g/mol. The van der Waals surface area contributed by atoms with Crippen LogP contribution in [0.4, 0.5) is 4.39 Å².